The highest BCUT2D eigenvalue weighted by Gasteiger charge is 2.22. The van der Waals surface area contributed by atoms with Crippen LogP contribution in [0.25, 0.3) is 0 Å². The average molecular weight is 393 g/mol. The lowest BCUT2D eigenvalue weighted by Crippen LogP contribution is -2.00. The first-order valence-electron chi connectivity index (χ1n) is 5.61. The van der Waals surface area contributed by atoms with Gasteiger partial charge < -0.3 is 4.74 Å². The molecule has 0 saturated carbocycles. The molecule has 0 unspecified atom stereocenters. The lowest BCUT2D eigenvalue weighted by molar-refractivity contribution is -0.385. The van der Waals surface area contributed by atoms with Crippen molar-refractivity contribution in [1.82, 2.24) is 9.97 Å². The fraction of sp³-hybridized carbons (Fsp3) is 0.167. The summed E-state index contributed by atoms with van der Waals surface area (Å²) in [5, 5.41) is 11.3. The highest BCUT2D eigenvalue weighted by molar-refractivity contribution is 9.10. The van der Waals surface area contributed by atoms with Gasteiger partial charge in [0.15, 0.2) is 0 Å². The van der Waals surface area contributed by atoms with E-state index in [-0.39, 0.29) is 28.3 Å². The molecule has 21 heavy (non-hydrogen) atoms. The number of aryl methyl sites for hydroxylation is 1. The Morgan fingerprint density at radius 3 is 2.76 bits per heavy atom. The topological polar surface area (TPSA) is 78.2 Å². The Balaban J connectivity index is 2.54. The third kappa shape index (κ3) is 3.42. The molecule has 0 spiro atoms. The highest BCUT2D eigenvalue weighted by Crippen LogP contribution is 2.38. The minimum Gasteiger partial charge on any atom is -0.431 e. The molecule has 0 saturated heterocycles. The van der Waals surface area contributed by atoms with Crippen molar-refractivity contribution in [2.45, 2.75) is 12.8 Å². The molecule has 0 amide bonds. The van der Waals surface area contributed by atoms with Crippen LogP contribution >= 0.6 is 39.1 Å². The van der Waals surface area contributed by atoms with Crippen molar-refractivity contribution in [2.24, 2.45) is 0 Å². The Bertz CT molecular complexity index is 712. The van der Waals surface area contributed by atoms with Crippen LogP contribution in [0.3, 0.4) is 0 Å². The molecule has 0 bridgehead atoms. The molecule has 1 heterocycles. The van der Waals surface area contributed by atoms with Crippen LogP contribution in [-0.4, -0.2) is 14.9 Å². The molecule has 1 aromatic carbocycles. The van der Waals surface area contributed by atoms with Crippen molar-refractivity contribution >= 4 is 44.8 Å². The second kappa shape index (κ2) is 6.55. The minimum atomic E-state index is -0.531. The number of nitrogens with zero attached hydrogens (tertiary/aromatic N) is 3. The molecule has 0 aliphatic carbocycles. The van der Waals surface area contributed by atoms with Gasteiger partial charge in [0.1, 0.15) is 11.5 Å². The van der Waals surface area contributed by atoms with Crippen molar-refractivity contribution in [3.05, 3.63) is 49.3 Å². The van der Waals surface area contributed by atoms with E-state index in [2.05, 4.69) is 25.9 Å². The smallest absolute Gasteiger partial charge is 0.313 e. The van der Waals surface area contributed by atoms with Crippen LogP contribution < -0.4 is 4.74 Å². The summed E-state index contributed by atoms with van der Waals surface area (Å²) in [5.41, 5.74) is 0.765. The Morgan fingerprint density at radius 1 is 1.43 bits per heavy atom. The third-order valence-electron chi connectivity index (χ3n) is 2.60. The van der Waals surface area contributed by atoms with Crippen molar-refractivity contribution in [1.29, 1.82) is 0 Å². The molecule has 2 aromatic rings. The molecule has 0 atom stereocenters. The second-order valence-corrected chi connectivity index (χ2v) is 5.55. The van der Waals surface area contributed by atoms with Crippen LogP contribution in [-0.2, 0) is 5.88 Å². The summed E-state index contributed by atoms with van der Waals surface area (Å²) in [6, 6.07) is 3.05. The van der Waals surface area contributed by atoms with E-state index in [9.17, 15) is 10.1 Å². The Labute approximate surface area is 138 Å². The molecule has 110 valence electrons. The lowest BCUT2D eigenvalue weighted by atomic mass is 10.2. The maximum absolute atomic E-state index is 11.2. The molecule has 2 rings (SSSR count). The first-order chi connectivity index (χ1) is 9.93. The van der Waals surface area contributed by atoms with E-state index in [0.29, 0.717) is 15.6 Å². The number of hydrogen-bond acceptors (Lipinski definition) is 5. The number of hydrogen-bond donors (Lipinski definition) is 0. The van der Waals surface area contributed by atoms with Crippen LogP contribution in [0.2, 0.25) is 5.15 Å². The van der Waals surface area contributed by atoms with Crippen molar-refractivity contribution in [3.8, 4) is 11.6 Å². The Kier molecular flexibility index (Phi) is 4.97. The van der Waals surface area contributed by atoms with Crippen LogP contribution in [0.5, 0.6) is 11.6 Å². The molecule has 0 aliphatic heterocycles. The van der Waals surface area contributed by atoms with Gasteiger partial charge in [-0.05, 0) is 13.0 Å². The zero-order chi connectivity index (χ0) is 15.6. The summed E-state index contributed by atoms with van der Waals surface area (Å²) < 4.78 is 6.16. The van der Waals surface area contributed by atoms with Gasteiger partial charge >= 0.3 is 5.69 Å². The molecule has 6 nitrogen and oxygen atoms in total. The van der Waals surface area contributed by atoms with Crippen LogP contribution in [0.4, 0.5) is 5.69 Å². The molecule has 9 heteroatoms. The molecule has 0 aliphatic rings. The predicted molar refractivity (Wildman–Crippen MR) is 82.2 cm³/mol. The van der Waals surface area contributed by atoms with E-state index in [1.807, 2.05) is 0 Å². The molecular formula is C12H8BrCl2N3O3. The van der Waals surface area contributed by atoms with Crippen LogP contribution in [0.1, 0.15) is 11.1 Å². The van der Waals surface area contributed by atoms with Gasteiger partial charge in [0.25, 0.3) is 0 Å². The number of nitro groups is 1. The lowest BCUT2D eigenvalue weighted by Gasteiger charge is -2.11. The van der Waals surface area contributed by atoms with E-state index >= 15 is 0 Å². The van der Waals surface area contributed by atoms with Gasteiger partial charge in [-0.3, -0.25) is 10.1 Å². The quantitative estimate of drug-likeness (QED) is 0.327. The van der Waals surface area contributed by atoms with E-state index < -0.39 is 4.92 Å². The maximum Gasteiger partial charge on any atom is 0.313 e. The van der Waals surface area contributed by atoms with E-state index in [1.54, 1.807) is 13.0 Å². The number of aromatic nitrogens is 2. The normalized spacial score (nSPS) is 10.5. The fourth-order valence-electron chi connectivity index (χ4n) is 1.65. The van der Waals surface area contributed by atoms with Gasteiger partial charge in [0.2, 0.25) is 11.6 Å². The number of nitro benzene ring substituents is 1. The van der Waals surface area contributed by atoms with E-state index in [1.165, 1.54) is 12.4 Å². The number of halogens is 3. The van der Waals surface area contributed by atoms with Gasteiger partial charge in [0, 0.05) is 16.1 Å². The summed E-state index contributed by atoms with van der Waals surface area (Å²) in [4.78, 5) is 18.4. The summed E-state index contributed by atoms with van der Waals surface area (Å²) in [5.74, 6) is 0.209. The summed E-state index contributed by atoms with van der Waals surface area (Å²) in [7, 11) is 0. The number of rotatable bonds is 4. The van der Waals surface area contributed by atoms with Crippen molar-refractivity contribution < 1.29 is 9.66 Å². The molecule has 0 N–H and O–H groups in total. The van der Waals surface area contributed by atoms with Gasteiger partial charge in [0.05, 0.1) is 16.4 Å². The molecule has 1 aromatic heterocycles. The standard InChI is InChI=1S/C12H8BrCl2N3O3/c1-6-2-7(13)3-9(18(19)20)10(6)21-12-8(4-14)11(15)16-5-17-12/h2-3,5H,4H2,1H3. The summed E-state index contributed by atoms with van der Waals surface area (Å²) in [6.07, 6.45) is 1.20. The minimum absolute atomic E-state index is 0.0262. The third-order valence-corrected chi connectivity index (χ3v) is 3.65. The fourth-order valence-corrected chi connectivity index (χ4v) is 2.71. The highest BCUT2D eigenvalue weighted by atomic mass is 79.9. The number of ether oxygens (including phenoxy) is 1. The van der Waals surface area contributed by atoms with Crippen LogP contribution in [0, 0.1) is 17.0 Å². The predicted octanol–water partition coefficient (Wildman–Crippen LogP) is 4.64. The van der Waals surface area contributed by atoms with Gasteiger partial charge in [-0.1, -0.05) is 27.5 Å². The molecule has 0 radical (unpaired) electrons. The van der Waals surface area contributed by atoms with E-state index in [4.69, 9.17) is 27.9 Å². The van der Waals surface area contributed by atoms with Gasteiger partial charge in [-0.25, -0.2) is 9.97 Å². The monoisotopic (exact) mass is 391 g/mol. The largest absolute Gasteiger partial charge is 0.431 e. The van der Waals surface area contributed by atoms with Crippen molar-refractivity contribution in [3.63, 3.8) is 0 Å². The summed E-state index contributed by atoms with van der Waals surface area (Å²) >= 11 is 14.9. The SMILES string of the molecule is Cc1cc(Br)cc([N+](=O)[O-])c1Oc1ncnc(Cl)c1CCl. The molecular weight excluding hydrogens is 385 g/mol. The molecule has 0 fully saturated rings. The van der Waals surface area contributed by atoms with Gasteiger partial charge in [-0.2, -0.15) is 0 Å². The first kappa shape index (κ1) is 15.9. The number of alkyl halides is 1. The number of benzene rings is 1. The first-order valence-corrected chi connectivity index (χ1v) is 7.32. The van der Waals surface area contributed by atoms with Crippen molar-refractivity contribution in [2.75, 3.05) is 0 Å². The summed E-state index contributed by atoms with van der Waals surface area (Å²) in [6.45, 7) is 1.69. The van der Waals surface area contributed by atoms with Crippen LogP contribution in [0.15, 0.2) is 22.9 Å². The van der Waals surface area contributed by atoms with E-state index in [0.717, 1.165) is 0 Å². The maximum atomic E-state index is 11.2. The second-order valence-electron chi connectivity index (χ2n) is 4.01. The average Bonchev–Trinajstić information content (AvgIpc) is 2.41. The Morgan fingerprint density at radius 2 is 2.14 bits per heavy atom. The zero-order valence-electron chi connectivity index (χ0n) is 10.6. The Hall–Kier alpha value is -1.44. The zero-order valence-corrected chi connectivity index (χ0v) is 13.7. The van der Waals surface area contributed by atoms with Gasteiger partial charge in [-0.15, -0.1) is 11.6 Å².